The van der Waals surface area contributed by atoms with Gasteiger partial charge in [-0.05, 0) is 43.7 Å². The number of carbonyl (C=O) groups excluding carboxylic acids is 1. The van der Waals surface area contributed by atoms with Gasteiger partial charge in [0.2, 0.25) is 0 Å². The third-order valence-corrected chi connectivity index (χ3v) is 3.22. The summed E-state index contributed by atoms with van der Waals surface area (Å²) in [4.78, 5) is 14.3. The highest BCUT2D eigenvalue weighted by Crippen LogP contribution is 2.21. The summed E-state index contributed by atoms with van der Waals surface area (Å²) >= 11 is 0. The fourth-order valence-electron chi connectivity index (χ4n) is 2.15. The highest BCUT2D eigenvalue weighted by Gasteiger charge is 2.16. The molecule has 0 unspecified atom stereocenters. The van der Waals surface area contributed by atoms with Gasteiger partial charge in [0.05, 0.1) is 5.56 Å². The molecule has 2 aromatic carbocycles. The SMILES string of the molecule is CCNc1ccccc1C(=O)N(C)c1cccc(C)c1. The van der Waals surface area contributed by atoms with E-state index in [1.807, 2.05) is 62.4 Å². The topological polar surface area (TPSA) is 32.3 Å². The van der Waals surface area contributed by atoms with Crippen molar-refractivity contribution < 1.29 is 4.79 Å². The van der Waals surface area contributed by atoms with Crippen molar-refractivity contribution in [1.29, 1.82) is 0 Å². The highest BCUT2D eigenvalue weighted by molar-refractivity contribution is 6.09. The Kier molecular flexibility index (Phi) is 4.41. The molecular weight excluding hydrogens is 248 g/mol. The molecule has 1 amide bonds. The van der Waals surface area contributed by atoms with E-state index in [2.05, 4.69) is 5.32 Å². The van der Waals surface area contributed by atoms with Gasteiger partial charge in [0.15, 0.2) is 0 Å². The van der Waals surface area contributed by atoms with Crippen LogP contribution in [0.25, 0.3) is 0 Å². The fraction of sp³-hybridized carbons (Fsp3) is 0.235. The number of anilines is 2. The average Bonchev–Trinajstić information content (AvgIpc) is 2.47. The van der Waals surface area contributed by atoms with Crippen LogP contribution in [0.3, 0.4) is 0 Å². The Morgan fingerprint density at radius 2 is 1.90 bits per heavy atom. The average molecular weight is 268 g/mol. The van der Waals surface area contributed by atoms with Gasteiger partial charge in [0, 0.05) is 25.0 Å². The van der Waals surface area contributed by atoms with E-state index in [-0.39, 0.29) is 5.91 Å². The summed E-state index contributed by atoms with van der Waals surface area (Å²) in [6.45, 7) is 4.83. The number of para-hydroxylation sites is 1. The first-order valence-corrected chi connectivity index (χ1v) is 6.81. The van der Waals surface area contributed by atoms with E-state index in [1.54, 1.807) is 11.9 Å². The van der Waals surface area contributed by atoms with Crippen LogP contribution in [0.5, 0.6) is 0 Å². The molecule has 104 valence electrons. The molecule has 2 rings (SSSR count). The first kappa shape index (κ1) is 14.1. The summed E-state index contributed by atoms with van der Waals surface area (Å²) in [5.41, 5.74) is 3.61. The number of benzene rings is 2. The molecule has 0 saturated carbocycles. The van der Waals surface area contributed by atoms with Crippen molar-refractivity contribution in [2.75, 3.05) is 23.8 Å². The van der Waals surface area contributed by atoms with E-state index in [0.717, 1.165) is 23.5 Å². The molecule has 0 bridgehead atoms. The number of carbonyl (C=O) groups is 1. The molecule has 0 saturated heterocycles. The van der Waals surface area contributed by atoms with E-state index in [1.165, 1.54) is 0 Å². The summed E-state index contributed by atoms with van der Waals surface area (Å²) in [5.74, 6) is -0.00727. The number of nitrogens with zero attached hydrogens (tertiary/aromatic N) is 1. The maximum Gasteiger partial charge on any atom is 0.260 e. The fourth-order valence-corrected chi connectivity index (χ4v) is 2.15. The number of hydrogen-bond acceptors (Lipinski definition) is 2. The minimum absolute atomic E-state index is 0.00727. The molecule has 0 aliphatic carbocycles. The largest absolute Gasteiger partial charge is 0.385 e. The first-order chi connectivity index (χ1) is 9.63. The van der Waals surface area contributed by atoms with Gasteiger partial charge < -0.3 is 10.2 Å². The van der Waals surface area contributed by atoms with Crippen molar-refractivity contribution in [3.63, 3.8) is 0 Å². The lowest BCUT2D eigenvalue weighted by Crippen LogP contribution is -2.27. The molecule has 1 N–H and O–H groups in total. The van der Waals surface area contributed by atoms with Gasteiger partial charge in [-0.3, -0.25) is 4.79 Å². The van der Waals surface area contributed by atoms with Crippen molar-refractivity contribution in [3.05, 3.63) is 59.7 Å². The number of rotatable bonds is 4. The second-order valence-corrected chi connectivity index (χ2v) is 4.78. The zero-order valence-corrected chi connectivity index (χ0v) is 12.2. The van der Waals surface area contributed by atoms with Crippen LogP contribution in [0.1, 0.15) is 22.8 Å². The van der Waals surface area contributed by atoms with Crippen molar-refractivity contribution >= 4 is 17.3 Å². The standard InChI is InChI=1S/C17H20N2O/c1-4-18-16-11-6-5-10-15(16)17(20)19(3)14-9-7-8-13(2)12-14/h5-12,18H,4H2,1-3H3. The second-order valence-electron chi connectivity index (χ2n) is 4.78. The van der Waals surface area contributed by atoms with E-state index >= 15 is 0 Å². The normalized spacial score (nSPS) is 10.2. The maximum absolute atomic E-state index is 12.6. The quantitative estimate of drug-likeness (QED) is 0.917. The predicted octanol–water partition coefficient (Wildman–Crippen LogP) is 3.70. The molecule has 2 aromatic rings. The van der Waals surface area contributed by atoms with Crippen molar-refractivity contribution in [3.8, 4) is 0 Å². The van der Waals surface area contributed by atoms with Crippen LogP contribution < -0.4 is 10.2 Å². The van der Waals surface area contributed by atoms with Crippen LogP contribution in [-0.2, 0) is 0 Å². The van der Waals surface area contributed by atoms with Crippen LogP contribution >= 0.6 is 0 Å². The molecule has 0 aliphatic rings. The zero-order valence-electron chi connectivity index (χ0n) is 12.2. The maximum atomic E-state index is 12.6. The van der Waals surface area contributed by atoms with E-state index in [0.29, 0.717) is 5.56 Å². The van der Waals surface area contributed by atoms with Crippen LogP contribution in [-0.4, -0.2) is 19.5 Å². The lowest BCUT2D eigenvalue weighted by atomic mass is 10.1. The molecule has 0 atom stereocenters. The lowest BCUT2D eigenvalue weighted by Gasteiger charge is -2.20. The molecule has 0 aliphatic heterocycles. The third-order valence-electron chi connectivity index (χ3n) is 3.22. The van der Waals surface area contributed by atoms with Gasteiger partial charge in [0.1, 0.15) is 0 Å². The number of hydrogen-bond donors (Lipinski definition) is 1. The summed E-state index contributed by atoms with van der Waals surface area (Å²) in [6.07, 6.45) is 0. The van der Waals surface area contributed by atoms with Gasteiger partial charge in [-0.1, -0.05) is 24.3 Å². The first-order valence-electron chi connectivity index (χ1n) is 6.81. The molecule has 0 fully saturated rings. The Balaban J connectivity index is 2.31. The molecule has 20 heavy (non-hydrogen) atoms. The summed E-state index contributed by atoms with van der Waals surface area (Å²) in [5, 5.41) is 3.23. The van der Waals surface area contributed by atoms with Crippen LogP contribution in [0.4, 0.5) is 11.4 Å². The molecule has 0 radical (unpaired) electrons. The molecule has 0 spiro atoms. The lowest BCUT2D eigenvalue weighted by molar-refractivity contribution is 0.0994. The summed E-state index contributed by atoms with van der Waals surface area (Å²) < 4.78 is 0. The van der Waals surface area contributed by atoms with Crippen LogP contribution in [0.2, 0.25) is 0 Å². The summed E-state index contributed by atoms with van der Waals surface area (Å²) in [7, 11) is 1.81. The molecule has 0 heterocycles. The van der Waals surface area contributed by atoms with Crippen molar-refractivity contribution in [2.45, 2.75) is 13.8 Å². The minimum atomic E-state index is -0.00727. The Hall–Kier alpha value is -2.29. The Morgan fingerprint density at radius 3 is 2.60 bits per heavy atom. The Morgan fingerprint density at radius 1 is 1.15 bits per heavy atom. The van der Waals surface area contributed by atoms with Gasteiger partial charge in [-0.2, -0.15) is 0 Å². The van der Waals surface area contributed by atoms with Crippen LogP contribution in [0, 0.1) is 6.92 Å². The minimum Gasteiger partial charge on any atom is -0.385 e. The predicted molar refractivity (Wildman–Crippen MR) is 84.5 cm³/mol. The summed E-state index contributed by atoms with van der Waals surface area (Å²) in [6, 6.07) is 15.5. The smallest absolute Gasteiger partial charge is 0.260 e. The Labute approximate surface area is 120 Å². The van der Waals surface area contributed by atoms with Crippen molar-refractivity contribution in [1.82, 2.24) is 0 Å². The molecule has 3 nitrogen and oxygen atoms in total. The van der Waals surface area contributed by atoms with E-state index in [4.69, 9.17) is 0 Å². The number of aryl methyl sites for hydroxylation is 1. The molecule has 3 heteroatoms. The Bertz CT molecular complexity index is 607. The van der Waals surface area contributed by atoms with Crippen LogP contribution in [0.15, 0.2) is 48.5 Å². The van der Waals surface area contributed by atoms with Gasteiger partial charge in [-0.25, -0.2) is 0 Å². The zero-order chi connectivity index (χ0) is 14.5. The van der Waals surface area contributed by atoms with Gasteiger partial charge in [0.25, 0.3) is 5.91 Å². The molecular formula is C17H20N2O. The number of amides is 1. The molecule has 0 aromatic heterocycles. The van der Waals surface area contributed by atoms with Gasteiger partial charge >= 0.3 is 0 Å². The monoisotopic (exact) mass is 268 g/mol. The van der Waals surface area contributed by atoms with Crippen molar-refractivity contribution in [2.24, 2.45) is 0 Å². The second kappa shape index (κ2) is 6.24. The van der Waals surface area contributed by atoms with Gasteiger partial charge in [-0.15, -0.1) is 0 Å². The third kappa shape index (κ3) is 2.99. The number of nitrogens with one attached hydrogen (secondary N) is 1. The highest BCUT2D eigenvalue weighted by atomic mass is 16.2. The van der Waals surface area contributed by atoms with E-state index in [9.17, 15) is 4.79 Å². The van der Waals surface area contributed by atoms with E-state index < -0.39 is 0 Å².